The van der Waals surface area contributed by atoms with Crippen LogP contribution in [0.3, 0.4) is 0 Å². The summed E-state index contributed by atoms with van der Waals surface area (Å²) >= 11 is 0. The first kappa shape index (κ1) is 13.8. The number of amides is 2. The number of carboxylic acid groups (broad SMARTS) is 1. The highest BCUT2D eigenvalue weighted by molar-refractivity contribution is 5.75. The molecule has 0 aromatic rings. The Balaban J connectivity index is 2.44. The number of carboxylic acids is 1. The largest absolute Gasteiger partial charge is 0.481 e. The Bertz CT molecular complexity index is 289. The number of hydrogen-bond donors (Lipinski definition) is 1. The fraction of sp³-hybridized carbons (Fsp3) is 0.833. The Labute approximate surface area is 102 Å². The van der Waals surface area contributed by atoms with Gasteiger partial charge in [-0.3, -0.25) is 4.79 Å². The van der Waals surface area contributed by atoms with Gasteiger partial charge in [0.15, 0.2) is 0 Å². The Morgan fingerprint density at radius 1 is 1.41 bits per heavy atom. The van der Waals surface area contributed by atoms with Crippen molar-refractivity contribution in [2.24, 2.45) is 11.8 Å². The molecule has 0 aliphatic heterocycles. The van der Waals surface area contributed by atoms with Gasteiger partial charge in [0, 0.05) is 26.7 Å². The Morgan fingerprint density at radius 3 is 2.41 bits per heavy atom. The number of hydrogen-bond acceptors (Lipinski definition) is 2. The first-order valence-corrected chi connectivity index (χ1v) is 6.18. The van der Waals surface area contributed by atoms with Gasteiger partial charge in [-0.1, -0.05) is 6.92 Å². The summed E-state index contributed by atoms with van der Waals surface area (Å²) in [6.45, 7) is 5.32. The standard InChI is InChI=1S/C12H22N2O3/c1-4-14(8-10-5-6-10)12(17)13(3)7-9(2)11(15)16/h9-10H,4-8H2,1-3H3,(H,15,16). The van der Waals surface area contributed by atoms with Crippen LogP contribution < -0.4 is 0 Å². The second kappa shape index (κ2) is 5.89. The maximum atomic E-state index is 12.1. The molecule has 98 valence electrons. The van der Waals surface area contributed by atoms with E-state index in [0.29, 0.717) is 12.5 Å². The third-order valence-corrected chi connectivity index (χ3v) is 3.12. The summed E-state index contributed by atoms with van der Waals surface area (Å²) in [6, 6.07) is -0.0625. The van der Waals surface area contributed by atoms with Crippen LogP contribution in [0.25, 0.3) is 0 Å². The third kappa shape index (κ3) is 4.24. The topological polar surface area (TPSA) is 60.9 Å². The summed E-state index contributed by atoms with van der Waals surface area (Å²) in [6.07, 6.45) is 2.41. The van der Waals surface area contributed by atoms with E-state index in [2.05, 4.69) is 0 Å². The van der Waals surface area contributed by atoms with Crippen LogP contribution in [-0.2, 0) is 4.79 Å². The van der Waals surface area contributed by atoms with Crippen LogP contribution in [0.2, 0.25) is 0 Å². The molecule has 1 saturated carbocycles. The molecule has 17 heavy (non-hydrogen) atoms. The van der Waals surface area contributed by atoms with Gasteiger partial charge < -0.3 is 14.9 Å². The molecular weight excluding hydrogens is 220 g/mol. The number of nitrogens with zero attached hydrogens (tertiary/aromatic N) is 2. The molecule has 1 aliphatic rings. The highest BCUT2D eigenvalue weighted by atomic mass is 16.4. The van der Waals surface area contributed by atoms with E-state index < -0.39 is 11.9 Å². The van der Waals surface area contributed by atoms with Crippen molar-refractivity contribution in [3.63, 3.8) is 0 Å². The lowest BCUT2D eigenvalue weighted by atomic mass is 10.2. The predicted octanol–water partition coefficient (Wildman–Crippen LogP) is 1.49. The molecule has 0 spiro atoms. The molecule has 5 nitrogen and oxygen atoms in total. The average Bonchev–Trinajstić information content (AvgIpc) is 3.08. The monoisotopic (exact) mass is 242 g/mol. The smallest absolute Gasteiger partial charge is 0.319 e. The van der Waals surface area contributed by atoms with Gasteiger partial charge in [0.25, 0.3) is 0 Å². The summed E-state index contributed by atoms with van der Waals surface area (Å²) in [5.74, 6) is -0.734. The molecule has 0 aromatic heterocycles. The van der Waals surface area contributed by atoms with E-state index in [1.54, 1.807) is 18.9 Å². The summed E-state index contributed by atoms with van der Waals surface area (Å²) in [7, 11) is 1.66. The van der Waals surface area contributed by atoms with Crippen LogP contribution in [0.4, 0.5) is 4.79 Å². The fourth-order valence-electron chi connectivity index (χ4n) is 1.76. The average molecular weight is 242 g/mol. The van der Waals surface area contributed by atoms with Crippen LogP contribution in [0.1, 0.15) is 26.7 Å². The van der Waals surface area contributed by atoms with Gasteiger partial charge in [-0.05, 0) is 25.7 Å². The van der Waals surface area contributed by atoms with Crippen molar-refractivity contribution in [3.05, 3.63) is 0 Å². The zero-order chi connectivity index (χ0) is 13.0. The van der Waals surface area contributed by atoms with Gasteiger partial charge in [-0.25, -0.2) is 4.79 Å². The first-order valence-electron chi connectivity index (χ1n) is 6.18. The highest BCUT2D eigenvalue weighted by Crippen LogP contribution is 2.29. The quantitative estimate of drug-likeness (QED) is 0.767. The fourth-order valence-corrected chi connectivity index (χ4v) is 1.76. The minimum atomic E-state index is -0.866. The Hall–Kier alpha value is -1.26. The lowest BCUT2D eigenvalue weighted by Gasteiger charge is -2.28. The van der Waals surface area contributed by atoms with E-state index in [0.717, 1.165) is 6.54 Å². The predicted molar refractivity (Wildman–Crippen MR) is 64.8 cm³/mol. The Kier molecular flexibility index (Phi) is 4.78. The molecular formula is C12H22N2O3. The molecule has 0 aromatic carbocycles. The lowest BCUT2D eigenvalue weighted by molar-refractivity contribution is -0.141. The van der Waals surface area contributed by atoms with Crippen LogP contribution in [0, 0.1) is 11.8 Å². The molecule has 1 unspecified atom stereocenters. The molecule has 0 heterocycles. The van der Waals surface area contributed by atoms with Crippen molar-refractivity contribution in [3.8, 4) is 0 Å². The first-order chi connectivity index (χ1) is 7.95. The zero-order valence-corrected chi connectivity index (χ0v) is 10.8. The normalized spacial score (nSPS) is 16.4. The second-order valence-electron chi connectivity index (χ2n) is 4.88. The SMILES string of the molecule is CCN(CC1CC1)C(=O)N(C)CC(C)C(=O)O. The van der Waals surface area contributed by atoms with Gasteiger partial charge in [0.05, 0.1) is 5.92 Å². The van der Waals surface area contributed by atoms with E-state index in [-0.39, 0.29) is 12.6 Å². The minimum absolute atomic E-state index is 0.0625. The number of carbonyl (C=O) groups excluding carboxylic acids is 1. The van der Waals surface area contributed by atoms with Crippen LogP contribution in [0.5, 0.6) is 0 Å². The zero-order valence-electron chi connectivity index (χ0n) is 10.8. The molecule has 1 rings (SSSR count). The summed E-state index contributed by atoms with van der Waals surface area (Å²) in [5.41, 5.74) is 0. The summed E-state index contributed by atoms with van der Waals surface area (Å²) < 4.78 is 0. The van der Waals surface area contributed by atoms with E-state index in [1.165, 1.54) is 17.7 Å². The molecule has 5 heteroatoms. The van der Waals surface area contributed by atoms with Crippen LogP contribution in [-0.4, -0.2) is 53.6 Å². The van der Waals surface area contributed by atoms with Gasteiger partial charge in [0.2, 0.25) is 0 Å². The molecule has 1 N–H and O–H groups in total. The highest BCUT2D eigenvalue weighted by Gasteiger charge is 2.28. The van der Waals surface area contributed by atoms with Crippen LogP contribution in [0.15, 0.2) is 0 Å². The lowest BCUT2D eigenvalue weighted by Crippen LogP contribution is -2.44. The maximum absolute atomic E-state index is 12.1. The third-order valence-electron chi connectivity index (χ3n) is 3.12. The number of rotatable bonds is 6. The minimum Gasteiger partial charge on any atom is -0.481 e. The second-order valence-corrected chi connectivity index (χ2v) is 4.88. The summed E-state index contributed by atoms with van der Waals surface area (Å²) in [4.78, 5) is 26.1. The van der Waals surface area contributed by atoms with Crippen molar-refractivity contribution >= 4 is 12.0 Å². The van der Waals surface area contributed by atoms with Crippen molar-refractivity contribution < 1.29 is 14.7 Å². The molecule has 2 amide bonds. The van der Waals surface area contributed by atoms with Gasteiger partial charge in [0.1, 0.15) is 0 Å². The Morgan fingerprint density at radius 2 is 2.00 bits per heavy atom. The molecule has 1 atom stereocenters. The molecule has 1 aliphatic carbocycles. The molecule has 0 bridgehead atoms. The van der Waals surface area contributed by atoms with Gasteiger partial charge in [-0.15, -0.1) is 0 Å². The van der Waals surface area contributed by atoms with Crippen molar-refractivity contribution in [2.75, 3.05) is 26.7 Å². The number of aliphatic carboxylic acids is 1. The van der Waals surface area contributed by atoms with Crippen molar-refractivity contribution in [1.29, 1.82) is 0 Å². The van der Waals surface area contributed by atoms with E-state index >= 15 is 0 Å². The summed E-state index contributed by atoms with van der Waals surface area (Å²) in [5, 5.41) is 8.81. The number of carbonyl (C=O) groups is 2. The van der Waals surface area contributed by atoms with Crippen molar-refractivity contribution in [1.82, 2.24) is 9.80 Å². The molecule has 0 radical (unpaired) electrons. The van der Waals surface area contributed by atoms with E-state index in [9.17, 15) is 9.59 Å². The number of urea groups is 1. The van der Waals surface area contributed by atoms with E-state index in [4.69, 9.17) is 5.11 Å². The van der Waals surface area contributed by atoms with E-state index in [1.807, 2.05) is 6.92 Å². The van der Waals surface area contributed by atoms with Crippen molar-refractivity contribution in [2.45, 2.75) is 26.7 Å². The maximum Gasteiger partial charge on any atom is 0.319 e. The molecule has 0 saturated heterocycles. The van der Waals surface area contributed by atoms with Gasteiger partial charge in [-0.2, -0.15) is 0 Å². The van der Waals surface area contributed by atoms with Crippen LogP contribution >= 0.6 is 0 Å². The molecule has 1 fully saturated rings. The van der Waals surface area contributed by atoms with Gasteiger partial charge >= 0.3 is 12.0 Å².